The number of halogens is 2. The third-order valence-corrected chi connectivity index (χ3v) is 3.49. The highest BCUT2D eigenvalue weighted by Gasteiger charge is 2.16. The summed E-state index contributed by atoms with van der Waals surface area (Å²) in [4.78, 5) is 1.66. The summed E-state index contributed by atoms with van der Waals surface area (Å²) in [5.41, 5.74) is 1.15. The molecule has 0 aliphatic rings. The van der Waals surface area contributed by atoms with Crippen molar-refractivity contribution in [2.24, 2.45) is 0 Å². The van der Waals surface area contributed by atoms with Crippen LogP contribution in [0.4, 0.5) is 8.78 Å². The molecule has 1 N–H and O–H groups in total. The zero-order chi connectivity index (χ0) is 14.5. The molecule has 0 aliphatic heterocycles. The number of rotatable bonds is 6. The van der Waals surface area contributed by atoms with Crippen LogP contribution in [0.15, 0.2) is 42.5 Å². The molecule has 2 rings (SSSR count). The van der Waals surface area contributed by atoms with Gasteiger partial charge in [0.05, 0.1) is 6.54 Å². The van der Waals surface area contributed by atoms with Crippen molar-refractivity contribution in [2.45, 2.75) is 12.5 Å². The van der Waals surface area contributed by atoms with Gasteiger partial charge in [-0.1, -0.05) is 42.5 Å². The summed E-state index contributed by atoms with van der Waals surface area (Å²) in [6.45, 7) is 0.345. The van der Waals surface area contributed by atoms with Crippen LogP contribution in [-0.4, -0.2) is 38.5 Å². The molecular weight excluding hydrogens is 258 g/mol. The Bertz CT molecular complexity index is 552. The maximum atomic E-state index is 12.4. The van der Waals surface area contributed by atoms with Gasteiger partial charge in [0.15, 0.2) is 0 Å². The first-order valence-electron chi connectivity index (χ1n) is 6.73. The third kappa shape index (κ3) is 3.52. The third-order valence-electron chi connectivity index (χ3n) is 3.49. The van der Waals surface area contributed by atoms with Crippen LogP contribution in [0, 0.1) is 0 Å². The summed E-state index contributed by atoms with van der Waals surface area (Å²) in [6.07, 6.45) is -2.30. The SMILES string of the molecule is CNC(CN(C)CC(F)F)c1cccc2ccccc12. The van der Waals surface area contributed by atoms with Gasteiger partial charge in [-0.15, -0.1) is 0 Å². The van der Waals surface area contributed by atoms with Crippen LogP contribution in [0.5, 0.6) is 0 Å². The molecule has 0 saturated heterocycles. The van der Waals surface area contributed by atoms with E-state index in [1.807, 2.05) is 25.2 Å². The molecule has 0 fully saturated rings. The first-order chi connectivity index (χ1) is 9.61. The molecule has 0 aliphatic carbocycles. The van der Waals surface area contributed by atoms with E-state index in [9.17, 15) is 8.78 Å². The smallest absolute Gasteiger partial charge is 0.251 e. The monoisotopic (exact) mass is 278 g/mol. The van der Waals surface area contributed by atoms with E-state index >= 15 is 0 Å². The summed E-state index contributed by atoms with van der Waals surface area (Å²) in [6, 6.07) is 14.3. The zero-order valence-electron chi connectivity index (χ0n) is 11.8. The zero-order valence-corrected chi connectivity index (χ0v) is 11.8. The van der Waals surface area contributed by atoms with Crippen molar-refractivity contribution in [3.63, 3.8) is 0 Å². The summed E-state index contributed by atoms with van der Waals surface area (Å²) in [7, 11) is 3.59. The van der Waals surface area contributed by atoms with Crippen LogP contribution in [0.3, 0.4) is 0 Å². The quantitative estimate of drug-likeness (QED) is 0.872. The highest BCUT2D eigenvalue weighted by Crippen LogP contribution is 2.24. The lowest BCUT2D eigenvalue weighted by Gasteiger charge is -2.25. The van der Waals surface area contributed by atoms with Gasteiger partial charge in [-0.25, -0.2) is 8.78 Å². The summed E-state index contributed by atoms with van der Waals surface area (Å²) >= 11 is 0. The fourth-order valence-corrected chi connectivity index (χ4v) is 2.52. The van der Waals surface area contributed by atoms with Gasteiger partial charge in [-0.2, -0.15) is 0 Å². The molecule has 20 heavy (non-hydrogen) atoms. The average Bonchev–Trinajstić information content (AvgIpc) is 2.43. The Hall–Kier alpha value is -1.52. The minimum atomic E-state index is -2.30. The fourth-order valence-electron chi connectivity index (χ4n) is 2.52. The van der Waals surface area contributed by atoms with Crippen molar-refractivity contribution < 1.29 is 8.78 Å². The molecule has 2 nitrogen and oxygen atoms in total. The standard InChI is InChI=1S/C16H20F2N2/c1-19-15(10-20(2)11-16(17)18)14-9-5-7-12-6-3-4-8-13(12)14/h3-9,15-16,19H,10-11H2,1-2H3. The van der Waals surface area contributed by atoms with Crippen molar-refractivity contribution in [3.8, 4) is 0 Å². The topological polar surface area (TPSA) is 15.3 Å². The number of alkyl halides is 2. The van der Waals surface area contributed by atoms with Crippen LogP contribution in [-0.2, 0) is 0 Å². The second-order valence-electron chi connectivity index (χ2n) is 5.02. The minimum absolute atomic E-state index is 0.0323. The molecule has 1 atom stereocenters. The van der Waals surface area contributed by atoms with Gasteiger partial charge in [0.2, 0.25) is 0 Å². The summed E-state index contributed by atoms with van der Waals surface area (Å²) < 4.78 is 24.9. The van der Waals surface area contributed by atoms with E-state index in [-0.39, 0.29) is 12.6 Å². The Morgan fingerprint density at radius 2 is 1.75 bits per heavy atom. The summed E-state index contributed by atoms with van der Waals surface area (Å²) in [5, 5.41) is 5.56. The van der Waals surface area contributed by atoms with Crippen LogP contribution in [0.1, 0.15) is 11.6 Å². The molecule has 0 amide bonds. The minimum Gasteiger partial charge on any atom is -0.312 e. The molecule has 2 aromatic rings. The van der Waals surface area contributed by atoms with Gasteiger partial charge in [-0.05, 0) is 30.4 Å². The first-order valence-corrected chi connectivity index (χ1v) is 6.73. The average molecular weight is 278 g/mol. The van der Waals surface area contributed by atoms with E-state index in [2.05, 4.69) is 29.6 Å². The summed E-state index contributed by atoms with van der Waals surface area (Å²) in [5.74, 6) is 0. The molecule has 0 aromatic heterocycles. The lowest BCUT2D eigenvalue weighted by molar-refractivity contribution is 0.0964. The highest BCUT2D eigenvalue weighted by molar-refractivity contribution is 5.86. The Labute approximate surface area is 118 Å². The molecule has 0 saturated carbocycles. The van der Waals surface area contributed by atoms with Crippen molar-refractivity contribution in [1.82, 2.24) is 10.2 Å². The first kappa shape index (κ1) is 14.9. The van der Waals surface area contributed by atoms with Gasteiger partial charge in [0.1, 0.15) is 0 Å². The Kier molecular flexibility index (Phi) is 5.04. The number of nitrogens with zero attached hydrogens (tertiary/aromatic N) is 1. The van der Waals surface area contributed by atoms with Crippen LogP contribution < -0.4 is 5.32 Å². The van der Waals surface area contributed by atoms with Gasteiger partial charge in [-0.3, -0.25) is 4.90 Å². The molecule has 108 valence electrons. The van der Waals surface area contributed by atoms with E-state index in [0.717, 1.165) is 5.56 Å². The van der Waals surface area contributed by atoms with Crippen LogP contribution in [0.25, 0.3) is 10.8 Å². The number of benzene rings is 2. The molecule has 0 spiro atoms. The number of hydrogen-bond donors (Lipinski definition) is 1. The van der Waals surface area contributed by atoms with Crippen molar-refractivity contribution in [1.29, 1.82) is 0 Å². The van der Waals surface area contributed by atoms with Gasteiger partial charge in [0.25, 0.3) is 6.43 Å². The van der Waals surface area contributed by atoms with E-state index in [1.54, 1.807) is 11.9 Å². The van der Waals surface area contributed by atoms with Gasteiger partial charge in [0, 0.05) is 12.6 Å². The number of hydrogen-bond acceptors (Lipinski definition) is 2. The molecule has 0 heterocycles. The fraction of sp³-hybridized carbons (Fsp3) is 0.375. The maximum Gasteiger partial charge on any atom is 0.251 e. The predicted octanol–water partition coefficient (Wildman–Crippen LogP) is 3.30. The van der Waals surface area contributed by atoms with E-state index < -0.39 is 6.43 Å². The highest BCUT2D eigenvalue weighted by atomic mass is 19.3. The number of likely N-dealkylation sites (N-methyl/N-ethyl adjacent to an activating group) is 2. The van der Waals surface area contributed by atoms with Crippen LogP contribution >= 0.6 is 0 Å². The molecule has 1 unspecified atom stereocenters. The lowest BCUT2D eigenvalue weighted by Crippen LogP contribution is -2.34. The van der Waals surface area contributed by atoms with Gasteiger partial charge >= 0.3 is 0 Å². The Morgan fingerprint density at radius 3 is 2.45 bits per heavy atom. The lowest BCUT2D eigenvalue weighted by atomic mass is 9.98. The largest absolute Gasteiger partial charge is 0.312 e. The van der Waals surface area contributed by atoms with E-state index in [1.165, 1.54) is 10.8 Å². The van der Waals surface area contributed by atoms with Crippen LogP contribution in [0.2, 0.25) is 0 Å². The van der Waals surface area contributed by atoms with Crippen molar-refractivity contribution >= 4 is 10.8 Å². The maximum absolute atomic E-state index is 12.4. The molecule has 4 heteroatoms. The molecule has 2 aromatic carbocycles. The van der Waals surface area contributed by atoms with E-state index in [0.29, 0.717) is 6.54 Å². The second-order valence-corrected chi connectivity index (χ2v) is 5.02. The number of nitrogens with one attached hydrogen (secondary N) is 1. The van der Waals surface area contributed by atoms with Crippen molar-refractivity contribution in [3.05, 3.63) is 48.0 Å². The second kappa shape index (κ2) is 6.77. The predicted molar refractivity (Wildman–Crippen MR) is 79.2 cm³/mol. The molecule has 0 bridgehead atoms. The molecule has 0 radical (unpaired) electrons. The Morgan fingerprint density at radius 1 is 1.05 bits per heavy atom. The number of fused-ring (bicyclic) bond motifs is 1. The van der Waals surface area contributed by atoms with Crippen molar-refractivity contribution in [2.75, 3.05) is 27.2 Å². The normalized spacial score (nSPS) is 13.3. The Balaban J connectivity index is 2.25. The van der Waals surface area contributed by atoms with E-state index in [4.69, 9.17) is 0 Å². The molecular formula is C16H20F2N2. The van der Waals surface area contributed by atoms with Gasteiger partial charge < -0.3 is 5.32 Å².